The minimum atomic E-state index is 0.229. The lowest BCUT2D eigenvalue weighted by molar-refractivity contribution is -0.137. The number of hydrogen-bond donors (Lipinski definition) is 1. The molecule has 0 unspecified atom stereocenters. The molecule has 1 N–H and O–H groups in total. The van der Waals surface area contributed by atoms with Crippen LogP contribution >= 0.6 is 0 Å². The second-order valence-corrected chi connectivity index (χ2v) is 7.29. The van der Waals surface area contributed by atoms with E-state index in [2.05, 4.69) is 4.90 Å². The molecule has 21 heavy (non-hydrogen) atoms. The van der Waals surface area contributed by atoms with E-state index in [0.717, 1.165) is 32.5 Å². The van der Waals surface area contributed by atoms with Crippen LogP contribution in [0.25, 0.3) is 0 Å². The van der Waals surface area contributed by atoms with Gasteiger partial charge in [0.15, 0.2) is 0 Å². The van der Waals surface area contributed by atoms with Crippen molar-refractivity contribution < 1.29 is 9.90 Å². The Bertz CT molecular complexity index is 349. The topological polar surface area (TPSA) is 43.8 Å². The molecule has 120 valence electrons. The molecule has 0 aromatic rings. The smallest absolute Gasteiger partial charge is 0.225 e. The van der Waals surface area contributed by atoms with Crippen LogP contribution in [0.5, 0.6) is 0 Å². The number of likely N-dealkylation sites (tertiary alicyclic amines) is 2. The van der Waals surface area contributed by atoms with E-state index in [-0.39, 0.29) is 12.5 Å². The third-order valence-corrected chi connectivity index (χ3v) is 5.77. The molecule has 2 atom stereocenters. The van der Waals surface area contributed by atoms with Crippen molar-refractivity contribution in [3.63, 3.8) is 0 Å². The minimum Gasteiger partial charge on any atom is -0.396 e. The van der Waals surface area contributed by atoms with Gasteiger partial charge in [-0.2, -0.15) is 0 Å². The van der Waals surface area contributed by atoms with Crippen LogP contribution in [0.2, 0.25) is 0 Å². The van der Waals surface area contributed by atoms with Crippen LogP contribution in [0.15, 0.2) is 0 Å². The van der Waals surface area contributed by atoms with Crippen molar-refractivity contribution in [3.05, 3.63) is 0 Å². The molecular formula is C17H30N2O2. The Kier molecular flexibility index (Phi) is 5.17. The first-order valence-corrected chi connectivity index (χ1v) is 8.90. The van der Waals surface area contributed by atoms with Gasteiger partial charge in [-0.1, -0.05) is 19.3 Å². The van der Waals surface area contributed by atoms with Gasteiger partial charge in [0.2, 0.25) is 5.91 Å². The zero-order chi connectivity index (χ0) is 14.7. The summed E-state index contributed by atoms with van der Waals surface area (Å²) in [6.07, 6.45) is 8.70. The summed E-state index contributed by atoms with van der Waals surface area (Å²) in [5, 5.41) is 9.67. The first kappa shape index (κ1) is 15.3. The molecular weight excluding hydrogens is 264 g/mol. The van der Waals surface area contributed by atoms with Crippen LogP contribution in [0, 0.1) is 17.8 Å². The first-order chi connectivity index (χ1) is 10.3. The maximum atomic E-state index is 12.4. The van der Waals surface area contributed by atoms with Crippen molar-refractivity contribution in [2.75, 3.05) is 39.3 Å². The van der Waals surface area contributed by atoms with Crippen molar-refractivity contribution >= 4 is 5.91 Å². The third kappa shape index (κ3) is 3.59. The Balaban J connectivity index is 1.54. The lowest BCUT2D eigenvalue weighted by Gasteiger charge is -2.29. The summed E-state index contributed by atoms with van der Waals surface area (Å²) >= 11 is 0. The summed E-state index contributed by atoms with van der Waals surface area (Å²) in [5.41, 5.74) is 0. The van der Waals surface area contributed by atoms with E-state index in [4.69, 9.17) is 0 Å². The summed E-state index contributed by atoms with van der Waals surface area (Å²) in [4.78, 5) is 17.0. The molecule has 0 radical (unpaired) electrons. The van der Waals surface area contributed by atoms with Gasteiger partial charge in [0.1, 0.15) is 0 Å². The molecule has 4 heteroatoms. The molecule has 3 rings (SSSR count). The molecule has 0 bridgehead atoms. The summed E-state index contributed by atoms with van der Waals surface area (Å²) in [6.45, 7) is 5.35. The lowest BCUT2D eigenvalue weighted by Crippen LogP contribution is -2.38. The molecule has 3 aliphatic rings. The summed E-state index contributed by atoms with van der Waals surface area (Å²) in [7, 11) is 0. The zero-order valence-electron chi connectivity index (χ0n) is 13.2. The summed E-state index contributed by atoms with van der Waals surface area (Å²) < 4.78 is 0. The molecule has 1 aliphatic carbocycles. The van der Waals surface area contributed by atoms with Gasteiger partial charge >= 0.3 is 0 Å². The lowest BCUT2D eigenvalue weighted by atomic mass is 9.84. The predicted molar refractivity (Wildman–Crippen MR) is 82.9 cm³/mol. The highest BCUT2D eigenvalue weighted by Gasteiger charge is 2.39. The van der Waals surface area contributed by atoms with Gasteiger partial charge < -0.3 is 14.9 Å². The monoisotopic (exact) mass is 294 g/mol. The molecule has 0 aromatic heterocycles. The Labute approximate surface area is 128 Å². The van der Waals surface area contributed by atoms with Crippen LogP contribution in [0.3, 0.4) is 0 Å². The van der Waals surface area contributed by atoms with Crippen LogP contribution < -0.4 is 0 Å². The van der Waals surface area contributed by atoms with Gasteiger partial charge in [0, 0.05) is 38.1 Å². The zero-order valence-corrected chi connectivity index (χ0v) is 13.2. The fourth-order valence-electron chi connectivity index (χ4n) is 4.10. The van der Waals surface area contributed by atoms with E-state index in [9.17, 15) is 9.90 Å². The van der Waals surface area contributed by atoms with Crippen LogP contribution in [0.4, 0.5) is 0 Å². The van der Waals surface area contributed by atoms with Gasteiger partial charge in [-0.25, -0.2) is 0 Å². The number of amides is 1. The molecule has 1 saturated carbocycles. The normalized spacial score (nSPS) is 32.0. The van der Waals surface area contributed by atoms with E-state index >= 15 is 0 Å². The predicted octanol–water partition coefficient (Wildman–Crippen LogP) is 1.73. The van der Waals surface area contributed by atoms with Crippen molar-refractivity contribution in [2.24, 2.45) is 17.8 Å². The Hall–Kier alpha value is -0.610. The van der Waals surface area contributed by atoms with Crippen LogP contribution in [0.1, 0.15) is 44.9 Å². The van der Waals surface area contributed by atoms with Gasteiger partial charge in [-0.05, 0) is 44.7 Å². The van der Waals surface area contributed by atoms with Gasteiger partial charge in [0.25, 0.3) is 0 Å². The molecule has 1 amide bonds. The average Bonchev–Trinajstić information content (AvgIpc) is 2.64. The molecule has 4 nitrogen and oxygen atoms in total. The highest BCUT2D eigenvalue weighted by atomic mass is 16.3. The van der Waals surface area contributed by atoms with Crippen LogP contribution in [-0.4, -0.2) is 60.1 Å². The highest BCUT2D eigenvalue weighted by Crippen LogP contribution is 2.32. The van der Waals surface area contributed by atoms with Gasteiger partial charge in [0.05, 0.1) is 0 Å². The van der Waals surface area contributed by atoms with E-state index in [0.29, 0.717) is 17.7 Å². The number of aliphatic hydroxyl groups excluding tert-OH is 1. The van der Waals surface area contributed by atoms with E-state index < -0.39 is 0 Å². The van der Waals surface area contributed by atoms with E-state index in [1.54, 1.807) is 0 Å². The second-order valence-electron chi connectivity index (χ2n) is 7.29. The minimum absolute atomic E-state index is 0.229. The second kappa shape index (κ2) is 7.10. The Morgan fingerprint density at radius 1 is 0.952 bits per heavy atom. The maximum absolute atomic E-state index is 12.4. The molecule has 2 heterocycles. The SMILES string of the molecule is O=C(C1CCC1)N1C[C@@H](CO)[C@@H](CN2CCCCCC2)C1. The maximum Gasteiger partial charge on any atom is 0.225 e. The number of carbonyl (C=O) groups is 1. The van der Waals surface area contributed by atoms with E-state index in [1.165, 1.54) is 45.2 Å². The molecule has 2 aliphatic heterocycles. The summed E-state index contributed by atoms with van der Waals surface area (Å²) in [6, 6.07) is 0. The molecule has 0 aromatic carbocycles. The largest absolute Gasteiger partial charge is 0.396 e. The standard InChI is InChI=1S/C17H30N2O2/c20-13-16-12-19(17(21)14-6-5-7-14)11-15(16)10-18-8-3-1-2-4-9-18/h14-16,20H,1-13H2/t15-,16-/m0/s1. The number of aliphatic hydroxyl groups is 1. The molecule has 2 saturated heterocycles. The quantitative estimate of drug-likeness (QED) is 0.859. The van der Waals surface area contributed by atoms with Gasteiger partial charge in [-0.3, -0.25) is 4.79 Å². The Morgan fingerprint density at radius 2 is 1.62 bits per heavy atom. The van der Waals surface area contributed by atoms with Crippen molar-refractivity contribution in [1.29, 1.82) is 0 Å². The summed E-state index contributed by atoms with van der Waals surface area (Å²) in [5.74, 6) is 1.41. The number of hydrogen-bond acceptors (Lipinski definition) is 3. The van der Waals surface area contributed by atoms with Crippen LogP contribution in [-0.2, 0) is 4.79 Å². The molecule has 3 fully saturated rings. The Morgan fingerprint density at radius 3 is 2.19 bits per heavy atom. The third-order valence-electron chi connectivity index (χ3n) is 5.77. The highest BCUT2D eigenvalue weighted by molar-refractivity contribution is 5.79. The fraction of sp³-hybridized carbons (Fsp3) is 0.941. The number of carbonyl (C=O) groups excluding carboxylic acids is 1. The van der Waals surface area contributed by atoms with Crippen molar-refractivity contribution in [1.82, 2.24) is 9.80 Å². The fourth-order valence-corrected chi connectivity index (χ4v) is 4.10. The van der Waals surface area contributed by atoms with Gasteiger partial charge in [-0.15, -0.1) is 0 Å². The molecule has 0 spiro atoms. The van der Waals surface area contributed by atoms with Crippen molar-refractivity contribution in [3.8, 4) is 0 Å². The number of nitrogens with zero attached hydrogens (tertiary/aromatic N) is 2. The van der Waals surface area contributed by atoms with Crippen molar-refractivity contribution in [2.45, 2.75) is 44.9 Å². The first-order valence-electron chi connectivity index (χ1n) is 8.90. The number of rotatable bonds is 4. The average molecular weight is 294 g/mol. The van der Waals surface area contributed by atoms with E-state index in [1.807, 2.05) is 4.90 Å².